The molecule has 0 aliphatic carbocycles. The first kappa shape index (κ1) is 28.4. The molecule has 5 aromatic rings. The Labute approximate surface area is 240 Å². The van der Waals surface area contributed by atoms with Crippen LogP contribution in [0.3, 0.4) is 0 Å². The van der Waals surface area contributed by atoms with Gasteiger partial charge in [-0.25, -0.2) is 13.8 Å². The lowest BCUT2D eigenvalue weighted by Crippen LogP contribution is -2.23. The van der Waals surface area contributed by atoms with Crippen molar-refractivity contribution in [3.05, 3.63) is 105 Å². The van der Waals surface area contributed by atoms with Crippen LogP contribution in [0.1, 0.15) is 27.2 Å². The van der Waals surface area contributed by atoms with Crippen LogP contribution in [0.15, 0.2) is 65.7 Å². The summed E-state index contributed by atoms with van der Waals surface area (Å²) >= 11 is 0. The Morgan fingerprint density at radius 1 is 0.952 bits per heavy atom. The quantitative estimate of drug-likeness (QED) is 0.207. The number of pyridine rings is 3. The lowest BCUT2D eigenvalue weighted by molar-refractivity contribution is 0.0990. The average Bonchev–Trinajstić information content (AvgIpc) is 2.97. The first-order valence-corrected chi connectivity index (χ1v) is 12.9. The summed E-state index contributed by atoms with van der Waals surface area (Å²) in [6.07, 6.45) is 2.64. The maximum Gasteiger partial charge on any atom is 0.257 e. The summed E-state index contributed by atoms with van der Waals surface area (Å²) in [5, 5.41) is 0. The zero-order valence-electron chi connectivity index (χ0n) is 23.6. The van der Waals surface area contributed by atoms with Crippen molar-refractivity contribution >= 4 is 16.8 Å². The van der Waals surface area contributed by atoms with Gasteiger partial charge in [0.05, 0.1) is 25.3 Å². The maximum atomic E-state index is 15.4. The summed E-state index contributed by atoms with van der Waals surface area (Å²) in [7, 11) is 4.66. The molecule has 0 N–H and O–H groups in total. The van der Waals surface area contributed by atoms with Crippen molar-refractivity contribution in [2.75, 3.05) is 14.2 Å². The number of ketones is 1. The number of hydrogen-bond donors (Lipinski definition) is 0. The number of halogens is 2. The first-order valence-electron chi connectivity index (χ1n) is 12.9. The van der Waals surface area contributed by atoms with E-state index in [0.717, 1.165) is 0 Å². The SMILES string of the molecule is COc1cc2nccc(Oc3cc(F)c(CC(=O)c4cn(C)c(C)c(-c5ccc(F)cc5)c4=O)cc3C)c2nc1OC. The van der Waals surface area contributed by atoms with Crippen molar-refractivity contribution in [1.82, 2.24) is 14.5 Å². The Hall–Kier alpha value is -5.12. The molecule has 0 aliphatic rings. The van der Waals surface area contributed by atoms with Gasteiger partial charge in [-0.05, 0) is 48.7 Å². The van der Waals surface area contributed by atoms with Gasteiger partial charge < -0.3 is 18.8 Å². The number of aryl methyl sites for hydroxylation is 2. The third kappa shape index (κ3) is 5.30. The number of fused-ring (bicyclic) bond motifs is 1. The fraction of sp³-hybridized carbons (Fsp3) is 0.188. The monoisotopic (exact) mass is 571 g/mol. The van der Waals surface area contributed by atoms with Gasteiger partial charge in [-0.15, -0.1) is 0 Å². The number of aromatic nitrogens is 3. The van der Waals surface area contributed by atoms with Gasteiger partial charge in [-0.3, -0.25) is 14.6 Å². The van der Waals surface area contributed by atoms with Crippen molar-refractivity contribution in [3.63, 3.8) is 0 Å². The van der Waals surface area contributed by atoms with Crippen LogP contribution in [0.25, 0.3) is 22.2 Å². The van der Waals surface area contributed by atoms with Crippen LogP contribution in [0.4, 0.5) is 8.78 Å². The highest BCUT2D eigenvalue weighted by molar-refractivity contribution is 5.98. The average molecular weight is 572 g/mol. The number of rotatable bonds is 8. The van der Waals surface area contributed by atoms with Gasteiger partial charge in [0.15, 0.2) is 22.7 Å². The minimum Gasteiger partial charge on any atom is -0.491 e. The zero-order valence-corrected chi connectivity index (χ0v) is 23.6. The Morgan fingerprint density at radius 2 is 1.69 bits per heavy atom. The van der Waals surface area contributed by atoms with Crippen LogP contribution in [-0.2, 0) is 13.5 Å². The summed E-state index contributed by atoms with van der Waals surface area (Å²) < 4.78 is 47.1. The third-order valence-corrected chi connectivity index (χ3v) is 7.05. The molecule has 0 aliphatic heterocycles. The highest BCUT2D eigenvalue weighted by Gasteiger charge is 2.21. The third-order valence-electron chi connectivity index (χ3n) is 7.05. The van der Waals surface area contributed by atoms with Crippen molar-refractivity contribution in [2.45, 2.75) is 20.3 Å². The zero-order chi connectivity index (χ0) is 30.1. The molecular weight excluding hydrogens is 544 g/mol. The molecular formula is C32H27F2N3O5. The van der Waals surface area contributed by atoms with E-state index in [1.54, 1.807) is 37.6 Å². The fourth-order valence-corrected chi connectivity index (χ4v) is 4.72. The summed E-state index contributed by atoms with van der Waals surface area (Å²) in [5.74, 6) is -0.467. The van der Waals surface area contributed by atoms with E-state index in [0.29, 0.717) is 39.4 Å². The van der Waals surface area contributed by atoms with E-state index in [4.69, 9.17) is 14.2 Å². The number of carbonyl (C=O) groups excluding carboxylic acids is 1. The minimum absolute atomic E-state index is 0.0847. The van der Waals surface area contributed by atoms with Crippen molar-refractivity contribution in [3.8, 4) is 34.3 Å². The predicted molar refractivity (Wildman–Crippen MR) is 154 cm³/mol. The number of ether oxygens (including phenoxy) is 3. The smallest absolute Gasteiger partial charge is 0.257 e. The molecule has 0 amide bonds. The molecule has 10 heteroatoms. The summed E-state index contributed by atoms with van der Waals surface area (Å²) in [5.41, 5.74) is 2.36. The number of nitrogens with zero attached hydrogens (tertiary/aromatic N) is 3. The van der Waals surface area contributed by atoms with Crippen molar-refractivity contribution in [2.24, 2.45) is 7.05 Å². The standard InChI is InChI=1S/C32H27F2N3O5/c1-17-12-20(13-25(38)22-16-37(3)18(2)29(31(22)39)19-6-8-21(33)9-7-19)23(34)14-27(17)42-26-10-11-35-24-15-28(40-4)32(41-5)36-30(24)26/h6-12,14-16H,13H2,1-5H3. The minimum atomic E-state index is -0.669. The van der Waals surface area contributed by atoms with Crippen molar-refractivity contribution in [1.29, 1.82) is 0 Å². The maximum absolute atomic E-state index is 15.4. The van der Waals surface area contributed by atoms with Crippen LogP contribution in [0.5, 0.6) is 23.1 Å². The molecule has 0 saturated carbocycles. The van der Waals surface area contributed by atoms with E-state index < -0.39 is 22.8 Å². The number of benzene rings is 2. The van der Waals surface area contributed by atoms with E-state index >= 15 is 4.39 Å². The second-order valence-electron chi connectivity index (χ2n) is 9.74. The van der Waals surface area contributed by atoms with Gasteiger partial charge in [0.25, 0.3) is 5.88 Å². The predicted octanol–water partition coefficient (Wildman–Crippen LogP) is 6.13. The van der Waals surface area contributed by atoms with E-state index in [2.05, 4.69) is 9.97 Å². The number of carbonyl (C=O) groups is 1. The van der Waals surface area contributed by atoms with Gasteiger partial charge >= 0.3 is 0 Å². The molecule has 0 unspecified atom stereocenters. The molecule has 42 heavy (non-hydrogen) atoms. The summed E-state index contributed by atoms with van der Waals surface area (Å²) in [6, 6.07) is 11.5. The second kappa shape index (κ2) is 11.4. The van der Waals surface area contributed by atoms with Gasteiger partial charge in [0.2, 0.25) is 0 Å². The molecule has 0 fully saturated rings. The Bertz CT molecular complexity index is 1900. The molecule has 214 valence electrons. The van der Waals surface area contributed by atoms with Gasteiger partial charge in [0, 0.05) is 55.3 Å². The van der Waals surface area contributed by atoms with Gasteiger partial charge in [0.1, 0.15) is 22.9 Å². The van der Waals surface area contributed by atoms with Crippen LogP contribution >= 0.6 is 0 Å². The van der Waals surface area contributed by atoms with E-state index in [1.807, 2.05) is 0 Å². The van der Waals surface area contributed by atoms with Crippen LogP contribution in [-0.4, -0.2) is 34.5 Å². The van der Waals surface area contributed by atoms with E-state index in [-0.39, 0.29) is 34.7 Å². The Balaban J connectivity index is 1.46. The second-order valence-corrected chi connectivity index (χ2v) is 9.74. The van der Waals surface area contributed by atoms with Crippen molar-refractivity contribution < 1.29 is 27.8 Å². The lowest BCUT2D eigenvalue weighted by atomic mass is 9.96. The largest absolute Gasteiger partial charge is 0.491 e. The molecule has 8 nitrogen and oxygen atoms in total. The normalized spacial score (nSPS) is 11.0. The highest BCUT2D eigenvalue weighted by atomic mass is 19.1. The molecule has 0 atom stereocenters. The van der Waals surface area contributed by atoms with Crippen LogP contribution < -0.4 is 19.6 Å². The Morgan fingerprint density at radius 3 is 2.38 bits per heavy atom. The van der Waals surface area contributed by atoms with Gasteiger partial charge in [-0.1, -0.05) is 12.1 Å². The lowest BCUT2D eigenvalue weighted by Gasteiger charge is -2.15. The molecule has 0 spiro atoms. The van der Waals surface area contributed by atoms with Gasteiger partial charge in [-0.2, -0.15) is 0 Å². The molecule has 0 saturated heterocycles. The molecule has 2 aromatic carbocycles. The number of Topliss-reactive ketones (excluding diaryl/α,β-unsaturated/α-hetero) is 1. The van der Waals surface area contributed by atoms with E-state index in [9.17, 15) is 14.0 Å². The Kier molecular flexibility index (Phi) is 7.71. The first-order chi connectivity index (χ1) is 20.1. The number of hydrogen-bond acceptors (Lipinski definition) is 7. The molecule has 3 aromatic heterocycles. The summed E-state index contributed by atoms with van der Waals surface area (Å²) in [6.45, 7) is 3.46. The van der Waals surface area contributed by atoms with Crippen LogP contribution in [0, 0.1) is 25.5 Å². The fourth-order valence-electron chi connectivity index (χ4n) is 4.72. The molecule has 0 radical (unpaired) electrons. The highest BCUT2D eigenvalue weighted by Crippen LogP contribution is 2.35. The molecule has 3 heterocycles. The van der Waals surface area contributed by atoms with E-state index in [1.165, 1.54) is 63.0 Å². The number of methoxy groups -OCH3 is 2. The van der Waals surface area contributed by atoms with Crippen LogP contribution in [0.2, 0.25) is 0 Å². The molecule has 0 bridgehead atoms. The molecule has 5 rings (SSSR count). The topological polar surface area (TPSA) is 92.5 Å². The summed E-state index contributed by atoms with van der Waals surface area (Å²) in [4.78, 5) is 35.5.